The molecule has 0 aliphatic rings. The number of hydrogen-bond donors (Lipinski definition) is 2. The quantitative estimate of drug-likeness (QED) is 0.451. The van der Waals surface area contributed by atoms with Crippen LogP contribution < -0.4 is 11.1 Å². The highest BCUT2D eigenvalue weighted by Gasteiger charge is 2.18. The number of nitrogens with one attached hydrogen (secondary N) is 1. The van der Waals surface area contributed by atoms with Crippen LogP contribution >= 0.6 is 11.8 Å². The molecule has 0 saturated carbocycles. The smallest absolute Gasteiger partial charge is 0.339 e. The number of carbonyl (C=O) groups excluding carboxylic acids is 2. The Morgan fingerprint density at radius 3 is 2.45 bits per heavy atom. The van der Waals surface area contributed by atoms with Gasteiger partial charge in [-0.3, -0.25) is 0 Å². The van der Waals surface area contributed by atoms with Gasteiger partial charge in [-0.05, 0) is 6.26 Å². The van der Waals surface area contributed by atoms with Crippen molar-refractivity contribution in [3.63, 3.8) is 0 Å². The standard InChI is InChI=1S/C5H10N2O3S/c1-10-4(8)3(11-2)7-5(6)9/h3H,1-2H3,(H3,6,7,9). The summed E-state index contributed by atoms with van der Waals surface area (Å²) in [6.07, 6.45) is 1.66. The number of ether oxygens (including phenoxy) is 1. The Kier molecular flexibility index (Phi) is 4.44. The largest absolute Gasteiger partial charge is 0.467 e. The Morgan fingerprint density at radius 1 is 1.64 bits per heavy atom. The van der Waals surface area contributed by atoms with Gasteiger partial charge >= 0.3 is 12.0 Å². The molecule has 6 heteroatoms. The molecule has 0 aromatic rings. The lowest BCUT2D eigenvalue weighted by molar-refractivity contribution is -0.140. The average molecular weight is 178 g/mol. The monoisotopic (exact) mass is 178 g/mol. The summed E-state index contributed by atoms with van der Waals surface area (Å²) in [4.78, 5) is 21.0. The summed E-state index contributed by atoms with van der Waals surface area (Å²) in [7, 11) is 1.24. The van der Waals surface area contributed by atoms with Crippen molar-refractivity contribution in [3.8, 4) is 0 Å². The second kappa shape index (κ2) is 4.84. The lowest BCUT2D eigenvalue weighted by Gasteiger charge is -2.11. The van der Waals surface area contributed by atoms with E-state index in [4.69, 9.17) is 5.73 Å². The van der Waals surface area contributed by atoms with E-state index in [-0.39, 0.29) is 0 Å². The van der Waals surface area contributed by atoms with Crippen molar-refractivity contribution >= 4 is 23.8 Å². The van der Waals surface area contributed by atoms with Crippen LogP contribution in [0.2, 0.25) is 0 Å². The molecule has 3 N–H and O–H groups in total. The fourth-order valence-corrected chi connectivity index (χ4v) is 0.973. The zero-order valence-corrected chi connectivity index (χ0v) is 7.10. The van der Waals surface area contributed by atoms with E-state index < -0.39 is 17.4 Å². The number of hydrogen-bond acceptors (Lipinski definition) is 4. The molecule has 0 aromatic heterocycles. The van der Waals surface area contributed by atoms with Crippen LogP contribution in [0.3, 0.4) is 0 Å². The summed E-state index contributed by atoms with van der Waals surface area (Å²) in [6, 6.07) is -0.741. The topological polar surface area (TPSA) is 81.4 Å². The normalized spacial score (nSPS) is 11.8. The molecule has 0 aromatic carbocycles. The van der Waals surface area contributed by atoms with E-state index in [0.717, 1.165) is 11.8 Å². The van der Waals surface area contributed by atoms with Crippen LogP contribution in [0.5, 0.6) is 0 Å². The summed E-state index contributed by atoms with van der Waals surface area (Å²) in [5.74, 6) is -0.517. The van der Waals surface area contributed by atoms with E-state index in [9.17, 15) is 9.59 Å². The van der Waals surface area contributed by atoms with Gasteiger partial charge in [0.25, 0.3) is 0 Å². The molecule has 0 saturated heterocycles. The van der Waals surface area contributed by atoms with Crippen LogP contribution in [0.4, 0.5) is 4.79 Å². The van der Waals surface area contributed by atoms with Crippen LogP contribution in [0.25, 0.3) is 0 Å². The van der Waals surface area contributed by atoms with Crippen molar-refractivity contribution in [2.24, 2.45) is 5.73 Å². The van der Waals surface area contributed by atoms with Crippen LogP contribution in [0, 0.1) is 0 Å². The van der Waals surface area contributed by atoms with Crippen LogP contribution in [-0.4, -0.2) is 30.7 Å². The average Bonchev–Trinajstić information content (AvgIpc) is 1.98. The van der Waals surface area contributed by atoms with Crippen molar-refractivity contribution in [1.29, 1.82) is 0 Å². The molecule has 0 radical (unpaired) electrons. The van der Waals surface area contributed by atoms with Crippen molar-refractivity contribution in [1.82, 2.24) is 5.32 Å². The third-order valence-corrected chi connectivity index (χ3v) is 1.71. The third-order valence-electron chi connectivity index (χ3n) is 0.924. The first-order valence-corrected chi connectivity index (χ1v) is 4.07. The van der Waals surface area contributed by atoms with Gasteiger partial charge in [-0.2, -0.15) is 0 Å². The molecule has 0 rings (SSSR count). The van der Waals surface area contributed by atoms with E-state index in [1.165, 1.54) is 7.11 Å². The first-order valence-electron chi connectivity index (χ1n) is 2.78. The fourth-order valence-electron chi connectivity index (χ4n) is 0.450. The molecule has 0 fully saturated rings. The Morgan fingerprint density at radius 2 is 2.18 bits per heavy atom. The third kappa shape index (κ3) is 3.72. The molecule has 0 heterocycles. The lowest BCUT2D eigenvalue weighted by Crippen LogP contribution is -2.41. The number of carbonyl (C=O) groups is 2. The van der Waals surface area contributed by atoms with Gasteiger partial charge in [-0.25, -0.2) is 9.59 Å². The number of methoxy groups -OCH3 is 1. The molecule has 2 amide bonds. The number of thioether (sulfide) groups is 1. The van der Waals surface area contributed by atoms with E-state index in [1.54, 1.807) is 6.26 Å². The van der Waals surface area contributed by atoms with Gasteiger partial charge in [-0.15, -0.1) is 11.8 Å². The minimum atomic E-state index is -0.741. The van der Waals surface area contributed by atoms with E-state index in [0.29, 0.717) is 0 Å². The minimum Gasteiger partial charge on any atom is -0.467 e. The molecule has 0 spiro atoms. The maximum absolute atomic E-state index is 10.8. The molecule has 64 valence electrons. The highest BCUT2D eigenvalue weighted by atomic mass is 32.2. The maximum Gasteiger partial charge on any atom is 0.339 e. The number of nitrogens with two attached hydrogens (primary N) is 1. The Hall–Kier alpha value is -0.910. The summed E-state index contributed by atoms with van der Waals surface area (Å²) in [6.45, 7) is 0. The molecule has 11 heavy (non-hydrogen) atoms. The van der Waals surface area contributed by atoms with Gasteiger partial charge in [0.05, 0.1) is 7.11 Å². The molecule has 1 unspecified atom stereocenters. The SMILES string of the molecule is COC(=O)C(NC(N)=O)SC. The first-order chi connectivity index (χ1) is 5.11. The molecular formula is C5H10N2O3S. The molecule has 1 atom stereocenters. The Balaban J connectivity index is 3.94. The predicted octanol–water partition coefficient (Wildman–Crippen LogP) is -0.483. The fraction of sp³-hybridized carbons (Fsp3) is 0.600. The van der Waals surface area contributed by atoms with Crippen molar-refractivity contribution < 1.29 is 14.3 Å². The lowest BCUT2D eigenvalue weighted by atomic mass is 10.6. The maximum atomic E-state index is 10.8. The van der Waals surface area contributed by atoms with E-state index in [1.807, 2.05) is 0 Å². The summed E-state index contributed by atoms with van der Waals surface area (Å²) < 4.78 is 4.37. The van der Waals surface area contributed by atoms with Crippen molar-refractivity contribution in [2.75, 3.05) is 13.4 Å². The predicted molar refractivity (Wildman–Crippen MR) is 42.0 cm³/mol. The Bertz CT molecular complexity index is 162. The number of urea groups is 1. The summed E-state index contributed by atoms with van der Waals surface area (Å²) in [5, 5.41) is 1.50. The van der Waals surface area contributed by atoms with Gasteiger partial charge in [0, 0.05) is 0 Å². The molecule has 0 aliphatic heterocycles. The first kappa shape index (κ1) is 10.1. The zero-order valence-electron chi connectivity index (χ0n) is 6.29. The van der Waals surface area contributed by atoms with Crippen molar-refractivity contribution in [3.05, 3.63) is 0 Å². The van der Waals surface area contributed by atoms with E-state index in [2.05, 4.69) is 10.1 Å². The highest BCUT2D eigenvalue weighted by Crippen LogP contribution is 2.03. The van der Waals surface area contributed by atoms with Crippen LogP contribution in [-0.2, 0) is 9.53 Å². The van der Waals surface area contributed by atoms with Gasteiger partial charge in [-0.1, -0.05) is 0 Å². The molecule has 0 bridgehead atoms. The molecular weight excluding hydrogens is 168 g/mol. The number of rotatable bonds is 3. The number of amides is 2. The van der Waals surface area contributed by atoms with Gasteiger partial charge in [0.1, 0.15) is 0 Å². The number of primary amides is 1. The minimum absolute atomic E-state index is 0.517. The number of esters is 1. The second-order valence-electron chi connectivity index (χ2n) is 1.65. The molecule has 5 nitrogen and oxygen atoms in total. The highest BCUT2D eigenvalue weighted by molar-refractivity contribution is 7.99. The molecule has 0 aliphatic carbocycles. The zero-order chi connectivity index (χ0) is 8.85. The Labute approximate surface area is 68.6 Å². The van der Waals surface area contributed by atoms with E-state index >= 15 is 0 Å². The summed E-state index contributed by atoms with van der Waals surface area (Å²) in [5.41, 5.74) is 4.79. The van der Waals surface area contributed by atoms with Gasteiger partial charge in [0.15, 0.2) is 5.37 Å². The van der Waals surface area contributed by atoms with Gasteiger partial charge < -0.3 is 15.8 Å². The van der Waals surface area contributed by atoms with Gasteiger partial charge in [0.2, 0.25) is 0 Å². The second-order valence-corrected chi connectivity index (χ2v) is 2.59. The van der Waals surface area contributed by atoms with Crippen LogP contribution in [0.15, 0.2) is 0 Å². The summed E-state index contributed by atoms with van der Waals surface area (Å²) >= 11 is 1.14. The van der Waals surface area contributed by atoms with Crippen LogP contribution in [0.1, 0.15) is 0 Å². The van der Waals surface area contributed by atoms with Crippen molar-refractivity contribution in [2.45, 2.75) is 5.37 Å².